The predicted molar refractivity (Wildman–Crippen MR) is 110 cm³/mol. The van der Waals surface area contributed by atoms with Crippen molar-refractivity contribution in [1.29, 1.82) is 0 Å². The summed E-state index contributed by atoms with van der Waals surface area (Å²) in [6, 6.07) is 9.95. The molecule has 29 heavy (non-hydrogen) atoms. The summed E-state index contributed by atoms with van der Waals surface area (Å²) in [4.78, 5) is 31.5. The number of amides is 2. The topological polar surface area (TPSA) is 78.0 Å². The Kier molecular flexibility index (Phi) is 5.66. The first-order valence-corrected chi connectivity index (χ1v) is 12.2. The Labute approximate surface area is 172 Å². The van der Waals surface area contributed by atoms with E-state index in [1.807, 2.05) is 47.1 Å². The van der Waals surface area contributed by atoms with Crippen molar-refractivity contribution >= 4 is 21.7 Å². The zero-order valence-corrected chi connectivity index (χ0v) is 17.7. The van der Waals surface area contributed by atoms with Gasteiger partial charge < -0.3 is 9.80 Å². The molecular weight excluding hydrogens is 390 g/mol. The van der Waals surface area contributed by atoms with E-state index in [0.717, 1.165) is 5.56 Å². The second-order valence-electron chi connectivity index (χ2n) is 8.45. The van der Waals surface area contributed by atoms with Crippen LogP contribution in [0, 0.1) is 5.92 Å². The molecule has 3 aliphatic rings. The molecule has 1 aromatic carbocycles. The molecule has 0 saturated carbocycles. The van der Waals surface area contributed by atoms with Gasteiger partial charge in [0.15, 0.2) is 9.84 Å². The van der Waals surface area contributed by atoms with Gasteiger partial charge in [0.25, 0.3) is 0 Å². The van der Waals surface area contributed by atoms with Crippen LogP contribution in [0.2, 0.25) is 0 Å². The summed E-state index contributed by atoms with van der Waals surface area (Å²) in [5.41, 5.74) is 1.08. The van der Waals surface area contributed by atoms with Crippen LogP contribution in [0.4, 0.5) is 0 Å². The zero-order valence-electron chi connectivity index (χ0n) is 16.9. The summed E-state index contributed by atoms with van der Waals surface area (Å²) in [5.74, 6) is 0.322. The highest BCUT2D eigenvalue weighted by Gasteiger charge is 2.40. The Balaban J connectivity index is 1.32. The van der Waals surface area contributed by atoms with Crippen molar-refractivity contribution < 1.29 is 18.0 Å². The molecule has 3 aliphatic heterocycles. The average molecular weight is 420 g/mol. The van der Waals surface area contributed by atoms with E-state index >= 15 is 0 Å². The summed E-state index contributed by atoms with van der Waals surface area (Å²) >= 11 is 0. The van der Waals surface area contributed by atoms with E-state index in [1.165, 1.54) is 0 Å². The third-order valence-corrected chi connectivity index (χ3v) is 8.36. The molecule has 7 nitrogen and oxygen atoms in total. The maximum atomic E-state index is 13.0. The molecular formula is C21H29N3O4S. The van der Waals surface area contributed by atoms with Gasteiger partial charge in [-0.15, -0.1) is 0 Å². The summed E-state index contributed by atoms with van der Waals surface area (Å²) in [6.45, 7) is 5.10. The summed E-state index contributed by atoms with van der Waals surface area (Å²) in [6.07, 6.45) is 0.969. The number of hydrogen-bond donors (Lipinski definition) is 0. The molecule has 4 rings (SSSR count). The molecule has 3 atom stereocenters. The predicted octanol–water partition coefficient (Wildman–Crippen LogP) is 0.927. The average Bonchev–Trinajstić information content (AvgIpc) is 3.29. The van der Waals surface area contributed by atoms with Gasteiger partial charge in [0, 0.05) is 45.2 Å². The molecule has 3 fully saturated rings. The van der Waals surface area contributed by atoms with E-state index in [9.17, 15) is 18.0 Å². The summed E-state index contributed by atoms with van der Waals surface area (Å²) in [5, 5.41) is 0. The molecule has 3 saturated heterocycles. The zero-order chi connectivity index (χ0) is 20.6. The fourth-order valence-corrected chi connectivity index (χ4v) is 6.57. The van der Waals surface area contributed by atoms with Gasteiger partial charge >= 0.3 is 0 Å². The van der Waals surface area contributed by atoms with Crippen LogP contribution in [0.25, 0.3) is 0 Å². The minimum atomic E-state index is -2.90. The second-order valence-corrected chi connectivity index (χ2v) is 10.7. The summed E-state index contributed by atoms with van der Waals surface area (Å²) in [7, 11) is -2.90. The Bertz CT molecular complexity index is 865. The van der Waals surface area contributed by atoms with Crippen molar-refractivity contribution in [3.05, 3.63) is 35.9 Å². The van der Waals surface area contributed by atoms with Crippen molar-refractivity contribution in [2.75, 3.05) is 44.2 Å². The highest BCUT2D eigenvalue weighted by Crippen LogP contribution is 2.30. The number of hydrogen-bond acceptors (Lipinski definition) is 5. The maximum absolute atomic E-state index is 13.0. The van der Waals surface area contributed by atoms with Crippen molar-refractivity contribution in [2.45, 2.75) is 31.8 Å². The SMILES string of the molecule is CC(c1ccccc1)N1CC(C(=O)N2CCN(C3CCS(=O)(=O)C3)CC2)CC1=O. The van der Waals surface area contributed by atoms with Crippen LogP contribution in [0.15, 0.2) is 30.3 Å². The Morgan fingerprint density at radius 3 is 2.41 bits per heavy atom. The van der Waals surface area contributed by atoms with Crippen molar-refractivity contribution in [3.63, 3.8) is 0 Å². The lowest BCUT2D eigenvalue weighted by Crippen LogP contribution is -2.53. The fourth-order valence-electron chi connectivity index (χ4n) is 4.81. The Morgan fingerprint density at radius 2 is 1.79 bits per heavy atom. The van der Waals surface area contributed by atoms with Gasteiger partial charge in [0.05, 0.1) is 23.5 Å². The smallest absolute Gasteiger partial charge is 0.228 e. The molecule has 0 bridgehead atoms. The van der Waals surface area contributed by atoms with Gasteiger partial charge in [-0.1, -0.05) is 30.3 Å². The van der Waals surface area contributed by atoms with Crippen molar-refractivity contribution in [1.82, 2.24) is 14.7 Å². The van der Waals surface area contributed by atoms with Gasteiger partial charge in [0.1, 0.15) is 0 Å². The third-order valence-electron chi connectivity index (χ3n) is 6.61. The minimum Gasteiger partial charge on any atom is -0.340 e. The van der Waals surface area contributed by atoms with E-state index < -0.39 is 9.84 Å². The monoisotopic (exact) mass is 419 g/mol. The van der Waals surface area contributed by atoms with E-state index in [0.29, 0.717) is 39.1 Å². The molecule has 0 N–H and O–H groups in total. The molecule has 1 aromatic rings. The lowest BCUT2D eigenvalue weighted by molar-refractivity contribution is -0.137. The third kappa shape index (κ3) is 4.33. The van der Waals surface area contributed by atoms with Crippen LogP contribution < -0.4 is 0 Å². The van der Waals surface area contributed by atoms with Gasteiger partial charge in [-0.25, -0.2) is 8.42 Å². The van der Waals surface area contributed by atoms with E-state index in [-0.39, 0.29) is 47.7 Å². The number of benzene rings is 1. The number of piperazine rings is 1. The minimum absolute atomic E-state index is 0.0366. The lowest BCUT2D eigenvalue weighted by Gasteiger charge is -2.38. The molecule has 3 heterocycles. The molecule has 0 spiro atoms. The summed E-state index contributed by atoms with van der Waals surface area (Å²) < 4.78 is 23.4. The van der Waals surface area contributed by atoms with E-state index in [2.05, 4.69) is 4.90 Å². The van der Waals surface area contributed by atoms with Crippen LogP contribution in [-0.4, -0.2) is 85.2 Å². The van der Waals surface area contributed by atoms with Crippen molar-refractivity contribution in [2.24, 2.45) is 5.92 Å². The molecule has 158 valence electrons. The number of likely N-dealkylation sites (tertiary alicyclic amines) is 1. The second kappa shape index (κ2) is 8.07. The standard InChI is InChI=1S/C21H29N3O4S/c1-16(17-5-3-2-4-6-17)24-14-18(13-20(24)25)21(26)23-10-8-22(9-11-23)19-7-12-29(27,28)15-19/h2-6,16,18-19H,7-15H2,1H3. The lowest BCUT2D eigenvalue weighted by atomic mass is 10.1. The highest BCUT2D eigenvalue weighted by atomic mass is 32.2. The van der Waals surface area contributed by atoms with Gasteiger partial charge in [-0.05, 0) is 18.9 Å². The van der Waals surface area contributed by atoms with Crippen LogP contribution >= 0.6 is 0 Å². The van der Waals surface area contributed by atoms with Crippen LogP contribution in [0.5, 0.6) is 0 Å². The van der Waals surface area contributed by atoms with E-state index in [4.69, 9.17) is 0 Å². The van der Waals surface area contributed by atoms with Crippen LogP contribution in [0.1, 0.15) is 31.4 Å². The number of nitrogens with zero attached hydrogens (tertiary/aromatic N) is 3. The van der Waals surface area contributed by atoms with Gasteiger partial charge in [-0.3, -0.25) is 14.5 Å². The first kappa shape index (κ1) is 20.3. The van der Waals surface area contributed by atoms with E-state index in [1.54, 1.807) is 0 Å². The van der Waals surface area contributed by atoms with Gasteiger partial charge in [-0.2, -0.15) is 0 Å². The Hall–Kier alpha value is -1.93. The number of carbonyl (C=O) groups excluding carboxylic acids is 2. The fraction of sp³-hybridized carbons (Fsp3) is 0.619. The normalized spacial score (nSPS) is 28.7. The van der Waals surface area contributed by atoms with Gasteiger partial charge in [0.2, 0.25) is 11.8 Å². The number of sulfone groups is 1. The molecule has 2 amide bonds. The van der Waals surface area contributed by atoms with Crippen LogP contribution in [-0.2, 0) is 19.4 Å². The maximum Gasteiger partial charge on any atom is 0.228 e. The number of carbonyl (C=O) groups is 2. The molecule has 0 aromatic heterocycles. The first-order valence-electron chi connectivity index (χ1n) is 10.4. The molecule has 8 heteroatoms. The molecule has 0 radical (unpaired) electrons. The molecule has 0 aliphatic carbocycles. The highest BCUT2D eigenvalue weighted by molar-refractivity contribution is 7.91. The first-order chi connectivity index (χ1) is 13.8. The quantitative estimate of drug-likeness (QED) is 0.726. The van der Waals surface area contributed by atoms with Crippen LogP contribution in [0.3, 0.4) is 0 Å². The van der Waals surface area contributed by atoms with Crippen molar-refractivity contribution in [3.8, 4) is 0 Å². The number of rotatable bonds is 4. The largest absolute Gasteiger partial charge is 0.340 e. The Morgan fingerprint density at radius 1 is 1.10 bits per heavy atom. The molecule has 3 unspecified atom stereocenters.